The fourth-order valence-electron chi connectivity index (χ4n) is 2.64. The van der Waals surface area contributed by atoms with Gasteiger partial charge in [-0.1, -0.05) is 58.0 Å². The van der Waals surface area contributed by atoms with Crippen molar-refractivity contribution < 1.29 is 4.79 Å². The van der Waals surface area contributed by atoms with Crippen LogP contribution in [0.3, 0.4) is 0 Å². The van der Waals surface area contributed by atoms with E-state index in [1.54, 1.807) is 4.68 Å². The molecule has 0 saturated carbocycles. The van der Waals surface area contributed by atoms with Crippen molar-refractivity contribution in [2.75, 3.05) is 5.32 Å². The van der Waals surface area contributed by atoms with Crippen molar-refractivity contribution in [1.82, 2.24) is 9.78 Å². The van der Waals surface area contributed by atoms with Crippen molar-refractivity contribution in [2.24, 2.45) is 24.1 Å². The largest absolute Gasteiger partial charge is 0.323 e. The summed E-state index contributed by atoms with van der Waals surface area (Å²) in [5.74, 6) is 0.261. The summed E-state index contributed by atoms with van der Waals surface area (Å²) in [7, 11) is 1.84. The number of carbonyl (C=O) groups is 1. The van der Waals surface area contributed by atoms with E-state index < -0.39 is 0 Å². The van der Waals surface area contributed by atoms with Crippen LogP contribution in [0.5, 0.6) is 0 Å². The molecule has 2 rings (SSSR count). The average Bonchev–Trinajstić information content (AvgIpc) is 2.84. The Morgan fingerprint density at radius 1 is 1.29 bits per heavy atom. The molecule has 0 aliphatic rings. The third-order valence-corrected chi connectivity index (χ3v) is 4.03. The standard InChI is InChI=1S/C19H28N4O/c1-13(17(20)14-9-7-6-8-10-14)18(24)21-16-11-15(22-23(16)5)12-19(2,3)4/h6-11,13,17H,12,20H2,1-5H3,(H,21,24). The Balaban J connectivity index is 2.06. The summed E-state index contributed by atoms with van der Waals surface area (Å²) in [4.78, 5) is 12.5. The lowest BCUT2D eigenvalue weighted by molar-refractivity contribution is -0.120. The Bertz CT molecular complexity index is 685. The Morgan fingerprint density at radius 2 is 1.92 bits per heavy atom. The van der Waals surface area contributed by atoms with E-state index in [9.17, 15) is 4.79 Å². The van der Waals surface area contributed by atoms with Gasteiger partial charge < -0.3 is 11.1 Å². The molecule has 0 bridgehead atoms. The van der Waals surface area contributed by atoms with E-state index in [1.165, 1.54) is 0 Å². The predicted octanol–water partition coefficient (Wildman–Crippen LogP) is 3.28. The maximum Gasteiger partial charge on any atom is 0.230 e. The zero-order valence-corrected chi connectivity index (χ0v) is 15.2. The van der Waals surface area contributed by atoms with Crippen LogP contribution >= 0.6 is 0 Å². The predicted molar refractivity (Wildman–Crippen MR) is 97.5 cm³/mol. The highest BCUT2D eigenvalue weighted by molar-refractivity contribution is 5.92. The highest BCUT2D eigenvalue weighted by Gasteiger charge is 2.23. The average molecular weight is 328 g/mol. The molecule has 0 spiro atoms. The van der Waals surface area contributed by atoms with Gasteiger partial charge in [0.2, 0.25) is 5.91 Å². The smallest absolute Gasteiger partial charge is 0.230 e. The first-order valence-electron chi connectivity index (χ1n) is 8.32. The molecule has 24 heavy (non-hydrogen) atoms. The third kappa shape index (κ3) is 4.68. The number of carbonyl (C=O) groups excluding carboxylic acids is 1. The molecule has 0 aliphatic carbocycles. The number of amides is 1. The molecular weight excluding hydrogens is 300 g/mol. The van der Waals surface area contributed by atoms with Gasteiger partial charge in [0.15, 0.2) is 0 Å². The van der Waals surface area contributed by atoms with Crippen molar-refractivity contribution >= 4 is 11.7 Å². The molecule has 0 fully saturated rings. The maximum absolute atomic E-state index is 12.5. The Morgan fingerprint density at radius 3 is 2.50 bits per heavy atom. The molecule has 1 amide bonds. The SMILES string of the molecule is CC(C(=O)Nc1cc(CC(C)(C)C)nn1C)C(N)c1ccccc1. The van der Waals surface area contributed by atoms with Gasteiger partial charge in [-0.15, -0.1) is 0 Å². The number of benzene rings is 1. The lowest BCUT2D eigenvalue weighted by Crippen LogP contribution is -2.31. The molecule has 1 aromatic carbocycles. The highest BCUT2D eigenvalue weighted by Crippen LogP contribution is 2.23. The number of rotatable bonds is 5. The first-order chi connectivity index (χ1) is 11.2. The van der Waals surface area contributed by atoms with Crippen LogP contribution in [0.4, 0.5) is 5.82 Å². The highest BCUT2D eigenvalue weighted by atomic mass is 16.2. The van der Waals surface area contributed by atoms with Gasteiger partial charge in [-0.25, -0.2) is 0 Å². The van der Waals surface area contributed by atoms with Crippen LogP contribution < -0.4 is 11.1 Å². The Kier molecular flexibility index (Phi) is 5.44. The van der Waals surface area contributed by atoms with Gasteiger partial charge >= 0.3 is 0 Å². The minimum Gasteiger partial charge on any atom is -0.323 e. The van der Waals surface area contributed by atoms with E-state index in [4.69, 9.17) is 5.73 Å². The number of nitrogens with two attached hydrogens (primary N) is 1. The van der Waals surface area contributed by atoms with Crippen LogP contribution in [0.2, 0.25) is 0 Å². The summed E-state index contributed by atoms with van der Waals surface area (Å²) in [5.41, 5.74) is 8.32. The quantitative estimate of drug-likeness (QED) is 0.884. The van der Waals surface area contributed by atoms with Crippen molar-refractivity contribution in [3.05, 3.63) is 47.7 Å². The van der Waals surface area contributed by atoms with Crippen LogP contribution in [-0.4, -0.2) is 15.7 Å². The number of hydrogen-bond acceptors (Lipinski definition) is 3. The second kappa shape index (κ2) is 7.18. The summed E-state index contributed by atoms with van der Waals surface area (Å²) >= 11 is 0. The first-order valence-corrected chi connectivity index (χ1v) is 8.32. The summed E-state index contributed by atoms with van der Waals surface area (Å²) in [6, 6.07) is 11.3. The van der Waals surface area contributed by atoms with Gasteiger partial charge in [0.1, 0.15) is 5.82 Å². The van der Waals surface area contributed by atoms with E-state index in [0.29, 0.717) is 5.82 Å². The zero-order chi connectivity index (χ0) is 17.9. The van der Waals surface area contributed by atoms with Crippen molar-refractivity contribution in [3.63, 3.8) is 0 Å². The molecule has 1 heterocycles. The van der Waals surface area contributed by atoms with Crippen molar-refractivity contribution in [3.8, 4) is 0 Å². The molecule has 0 aliphatic heterocycles. The number of anilines is 1. The number of nitrogens with one attached hydrogen (secondary N) is 1. The monoisotopic (exact) mass is 328 g/mol. The molecule has 1 aromatic heterocycles. The number of hydrogen-bond donors (Lipinski definition) is 2. The first kappa shape index (κ1) is 18.2. The molecule has 2 unspecified atom stereocenters. The minimum absolute atomic E-state index is 0.100. The lowest BCUT2D eigenvalue weighted by atomic mass is 9.91. The van der Waals surface area contributed by atoms with Crippen molar-refractivity contribution in [2.45, 2.75) is 40.2 Å². The number of aromatic nitrogens is 2. The third-order valence-electron chi connectivity index (χ3n) is 4.03. The summed E-state index contributed by atoms with van der Waals surface area (Å²) in [5, 5.41) is 7.43. The molecule has 5 nitrogen and oxygen atoms in total. The molecule has 0 radical (unpaired) electrons. The lowest BCUT2D eigenvalue weighted by Gasteiger charge is -2.19. The minimum atomic E-state index is -0.339. The van der Waals surface area contributed by atoms with Gasteiger partial charge in [-0.3, -0.25) is 9.48 Å². The van der Waals surface area contributed by atoms with E-state index in [-0.39, 0.29) is 23.3 Å². The van der Waals surface area contributed by atoms with Gasteiger partial charge in [0, 0.05) is 19.2 Å². The molecule has 5 heteroatoms. The Labute approximate surface area is 144 Å². The molecule has 130 valence electrons. The van der Waals surface area contributed by atoms with Crippen LogP contribution in [0.1, 0.15) is 45.0 Å². The van der Waals surface area contributed by atoms with Gasteiger partial charge in [-0.2, -0.15) is 5.10 Å². The van der Waals surface area contributed by atoms with Crippen LogP contribution in [0, 0.1) is 11.3 Å². The summed E-state index contributed by atoms with van der Waals surface area (Å²) in [6.07, 6.45) is 0.857. The molecule has 3 N–H and O–H groups in total. The second-order valence-electron chi connectivity index (χ2n) is 7.60. The van der Waals surface area contributed by atoms with Gasteiger partial charge in [0.05, 0.1) is 11.6 Å². The fraction of sp³-hybridized carbons (Fsp3) is 0.474. The van der Waals surface area contributed by atoms with Crippen LogP contribution in [0.15, 0.2) is 36.4 Å². The zero-order valence-electron chi connectivity index (χ0n) is 15.2. The molecule has 2 atom stereocenters. The van der Waals surface area contributed by atoms with Gasteiger partial charge in [0.25, 0.3) is 0 Å². The molecule has 0 saturated heterocycles. The van der Waals surface area contributed by atoms with E-state index in [2.05, 4.69) is 31.2 Å². The van der Waals surface area contributed by atoms with E-state index in [0.717, 1.165) is 17.7 Å². The topological polar surface area (TPSA) is 72.9 Å². The molecule has 2 aromatic rings. The Hall–Kier alpha value is -2.14. The summed E-state index contributed by atoms with van der Waals surface area (Å²) in [6.45, 7) is 8.35. The summed E-state index contributed by atoms with van der Waals surface area (Å²) < 4.78 is 1.71. The number of nitrogens with zero attached hydrogens (tertiary/aromatic N) is 2. The van der Waals surface area contributed by atoms with Crippen LogP contribution in [-0.2, 0) is 18.3 Å². The van der Waals surface area contributed by atoms with Crippen LogP contribution in [0.25, 0.3) is 0 Å². The second-order valence-corrected chi connectivity index (χ2v) is 7.60. The van der Waals surface area contributed by atoms with Crippen molar-refractivity contribution in [1.29, 1.82) is 0 Å². The number of aryl methyl sites for hydroxylation is 1. The fourth-order valence-corrected chi connectivity index (χ4v) is 2.64. The van der Waals surface area contributed by atoms with E-state index in [1.807, 2.05) is 50.4 Å². The van der Waals surface area contributed by atoms with Gasteiger partial charge in [-0.05, 0) is 17.4 Å². The normalized spacial score (nSPS) is 14.2. The van der Waals surface area contributed by atoms with E-state index >= 15 is 0 Å². The maximum atomic E-state index is 12.5. The molecular formula is C19H28N4O.